The van der Waals surface area contributed by atoms with E-state index in [1.165, 1.54) is 0 Å². The first kappa shape index (κ1) is 74.9. The highest BCUT2D eigenvalue weighted by atomic mass is 16.2. The van der Waals surface area contributed by atoms with Crippen molar-refractivity contribution in [2.45, 2.75) is 162 Å². The molecule has 21 nitrogen and oxygen atoms in total. The summed E-state index contributed by atoms with van der Waals surface area (Å²) >= 11 is 0. The summed E-state index contributed by atoms with van der Waals surface area (Å²) in [6, 6.07) is 14.8. The molecule has 83 heavy (non-hydrogen) atoms. The number of ketones is 3. The number of nitrogens with zero attached hydrogens (tertiary/aromatic N) is 1. The molecule has 0 atom stereocenters. The SMILES string of the molecule is CCC(=O)NCCN(CCNC(=O)CC)C(=O)C(C)C.CCC(=O)Nc1cc(NC(=O)CC)cc(C(=O)C(C)C)c1.CCC(=O)Nc1ccc(C(=O)C(C)C)cc1NC(=O)CC.CCC(=O)Nc1ccc(NC(=O)CC)c(C(=O)C(C)C)c1. The molecule has 3 aromatic carbocycles. The molecule has 0 aliphatic carbocycles. The monoisotopic (exact) mass is 1160 g/mol. The highest BCUT2D eigenvalue weighted by molar-refractivity contribution is 6.08. The second-order valence-electron chi connectivity index (χ2n) is 20.2. The van der Waals surface area contributed by atoms with Gasteiger partial charge in [-0.3, -0.25) is 57.5 Å². The van der Waals surface area contributed by atoms with Gasteiger partial charge in [-0.05, 0) is 54.6 Å². The topological polar surface area (TPSA) is 304 Å². The fourth-order valence-corrected chi connectivity index (χ4v) is 6.81. The molecule has 0 unspecified atom stereocenters. The minimum Gasteiger partial charge on any atom is -0.354 e. The van der Waals surface area contributed by atoms with Gasteiger partial charge in [0.25, 0.3) is 0 Å². The van der Waals surface area contributed by atoms with Crippen molar-refractivity contribution in [1.29, 1.82) is 0 Å². The maximum Gasteiger partial charge on any atom is 0.225 e. The minimum absolute atomic E-state index is 0.00429. The van der Waals surface area contributed by atoms with Crippen LogP contribution in [0.4, 0.5) is 34.1 Å². The van der Waals surface area contributed by atoms with Crippen LogP contribution in [0.2, 0.25) is 0 Å². The quantitative estimate of drug-likeness (QED) is 0.0331. The number of carbonyl (C=O) groups excluding carboxylic acids is 12. The van der Waals surface area contributed by atoms with Gasteiger partial charge < -0.3 is 47.4 Å². The normalized spacial score (nSPS) is 10.3. The van der Waals surface area contributed by atoms with Gasteiger partial charge in [-0.1, -0.05) is 111 Å². The Morgan fingerprint density at radius 1 is 0.337 bits per heavy atom. The van der Waals surface area contributed by atoms with E-state index in [9.17, 15) is 57.5 Å². The Hall–Kier alpha value is -8.10. The molecule has 458 valence electrons. The van der Waals surface area contributed by atoms with E-state index in [0.717, 1.165) is 0 Å². The third-order valence-corrected chi connectivity index (χ3v) is 11.8. The van der Waals surface area contributed by atoms with Crippen molar-refractivity contribution in [1.82, 2.24) is 15.5 Å². The van der Waals surface area contributed by atoms with E-state index >= 15 is 0 Å². The van der Waals surface area contributed by atoms with E-state index in [0.29, 0.717) is 128 Å². The number of Topliss-reactive ketones (excluding diaryl/α,β-unsaturated/α-hetero) is 3. The lowest BCUT2D eigenvalue weighted by Crippen LogP contribution is -2.44. The molecular formula is C62H93N9O12. The third-order valence-electron chi connectivity index (χ3n) is 11.8. The molecule has 0 bridgehead atoms. The van der Waals surface area contributed by atoms with Crippen LogP contribution < -0.4 is 42.5 Å². The van der Waals surface area contributed by atoms with Crippen LogP contribution in [0.25, 0.3) is 0 Å². The summed E-state index contributed by atoms with van der Waals surface area (Å²) in [5.41, 5.74) is 4.44. The molecule has 0 spiro atoms. The van der Waals surface area contributed by atoms with Crippen LogP contribution in [-0.2, 0) is 43.2 Å². The molecule has 21 heteroatoms. The van der Waals surface area contributed by atoms with Crippen LogP contribution in [-0.4, -0.2) is 102 Å². The largest absolute Gasteiger partial charge is 0.354 e. The first-order valence-electron chi connectivity index (χ1n) is 28.7. The summed E-state index contributed by atoms with van der Waals surface area (Å²) in [5, 5.41) is 21.8. The average Bonchev–Trinajstić information content (AvgIpc) is 3.48. The van der Waals surface area contributed by atoms with Crippen molar-refractivity contribution in [2.75, 3.05) is 58.1 Å². The standard InChI is InChI=1S/3C16H22N2O3.C14H27N3O3/c1-5-14(19)17-12-7-11(16(21)10(3)4)8-13(9-12)18-15(20)6-2;1-5-14(19)17-11-7-8-13(18-15(20)6-2)12(9-11)16(21)10(3)4;1-5-14(19)17-12-8-7-11(16(21)10(3)4)9-13(12)18-15(20)6-2;1-5-12(18)15-7-9-17(14(20)11(3)4)10-8-16-13(19)6-2/h3*7-10H,5-6H2,1-4H3,(H,17,19)(H,18,20);11H,5-10H2,1-4H3,(H,15,18)(H,16,19). The Morgan fingerprint density at radius 2 is 0.687 bits per heavy atom. The van der Waals surface area contributed by atoms with Crippen molar-refractivity contribution in [3.8, 4) is 0 Å². The van der Waals surface area contributed by atoms with Crippen molar-refractivity contribution >= 4 is 105 Å². The predicted octanol–water partition coefficient (Wildman–Crippen LogP) is 10.2. The first-order valence-corrected chi connectivity index (χ1v) is 28.7. The van der Waals surface area contributed by atoms with Gasteiger partial charge in [0.15, 0.2) is 17.3 Å². The molecule has 9 amide bonds. The van der Waals surface area contributed by atoms with Crippen molar-refractivity contribution < 1.29 is 57.5 Å². The molecule has 0 saturated carbocycles. The van der Waals surface area contributed by atoms with Gasteiger partial charge in [0, 0.05) is 135 Å². The van der Waals surface area contributed by atoms with E-state index in [-0.39, 0.29) is 94.2 Å². The van der Waals surface area contributed by atoms with Crippen LogP contribution in [0, 0.1) is 23.7 Å². The number of hydrogen-bond acceptors (Lipinski definition) is 12. The number of nitrogens with one attached hydrogen (secondary N) is 8. The summed E-state index contributed by atoms with van der Waals surface area (Å²) < 4.78 is 0. The maximum atomic E-state index is 12.3. The lowest BCUT2D eigenvalue weighted by molar-refractivity contribution is -0.135. The zero-order valence-electron chi connectivity index (χ0n) is 51.8. The second-order valence-corrected chi connectivity index (χ2v) is 20.2. The second kappa shape index (κ2) is 40.2. The third kappa shape index (κ3) is 29.4. The molecule has 0 aromatic heterocycles. The van der Waals surface area contributed by atoms with Gasteiger partial charge in [-0.25, -0.2) is 0 Å². The van der Waals surface area contributed by atoms with Crippen molar-refractivity contribution in [3.05, 3.63) is 71.3 Å². The molecule has 0 fully saturated rings. The van der Waals surface area contributed by atoms with E-state index < -0.39 is 0 Å². The summed E-state index contributed by atoms with van der Waals surface area (Å²) in [7, 11) is 0. The van der Waals surface area contributed by atoms with Crippen LogP contribution in [0.1, 0.15) is 193 Å². The van der Waals surface area contributed by atoms with Gasteiger partial charge in [0.1, 0.15) is 0 Å². The smallest absolute Gasteiger partial charge is 0.225 e. The number of amides is 9. The fraction of sp³-hybridized carbons (Fsp3) is 0.516. The predicted molar refractivity (Wildman–Crippen MR) is 328 cm³/mol. The average molecular weight is 1160 g/mol. The molecule has 0 aliphatic heterocycles. The zero-order chi connectivity index (χ0) is 63.5. The number of anilines is 6. The lowest BCUT2D eigenvalue weighted by atomic mass is 9.98. The van der Waals surface area contributed by atoms with Crippen LogP contribution in [0.15, 0.2) is 54.6 Å². The Morgan fingerprint density at radius 3 is 1.07 bits per heavy atom. The van der Waals surface area contributed by atoms with Gasteiger partial charge in [-0.2, -0.15) is 0 Å². The highest BCUT2D eigenvalue weighted by Gasteiger charge is 2.20. The molecule has 3 aromatic rings. The Balaban J connectivity index is 0.00000108. The molecule has 0 heterocycles. The zero-order valence-corrected chi connectivity index (χ0v) is 51.8. The molecular weight excluding hydrogens is 1060 g/mol. The van der Waals surface area contributed by atoms with E-state index in [1.54, 1.807) is 129 Å². The summed E-state index contributed by atoms with van der Waals surface area (Å²) in [6.07, 6.45) is 2.93. The van der Waals surface area contributed by atoms with Crippen molar-refractivity contribution in [2.24, 2.45) is 23.7 Å². The Bertz CT molecular complexity index is 2640. The Labute approximate surface area is 491 Å². The molecule has 0 radical (unpaired) electrons. The first-order chi connectivity index (χ1) is 39.1. The van der Waals surface area contributed by atoms with E-state index in [2.05, 4.69) is 42.5 Å². The Kier molecular flexibility index (Phi) is 36.2. The number of benzene rings is 3. The van der Waals surface area contributed by atoms with E-state index in [1.807, 2.05) is 41.5 Å². The summed E-state index contributed by atoms with van der Waals surface area (Å²) in [5.74, 6) is -1.59. The molecule has 0 saturated heterocycles. The number of rotatable bonds is 27. The van der Waals surface area contributed by atoms with E-state index in [4.69, 9.17) is 0 Å². The lowest BCUT2D eigenvalue weighted by Gasteiger charge is -2.25. The van der Waals surface area contributed by atoms with Gasteiger partial charge >= 0.3 is 0 Å². The van der Waals surface area contributed by atoms with Crippen molar-refractivity contribution in [3.63, 3.8) is 0 Å². The molecule has 3 rings (SSSR count). The van der Waals surface area contributed by atoms with Gasteiger partial charge in [0.05, 0.1) is 17.1 Å². The maximum absolute atomic E-state index is 12.3. The number of hydrogen-bond donors (Lipinski definition) is 8. The van der Waals surface area contributed by atoms with Crippen LogP contribution in [0.5, 0.6) is 0 Å². The minimum atomic E-state index is -0.195. The summed E-state index contributed by atoms with van der Waals surface area (Å²) in [4.78, 5) is 142. The van der Waals surface area contributed by atoms with Gasteiger partial charge in [-0.15, -0.1) is 0 Å². The fourth-order valence-electron chi connectivity index (χ4n) is 6.81. The molecule has 0 aliphatic rings. The number of carbonyl (C=O) groups is 12. The molecule has 8 N–H and O–H groups in total. The highest BCUT2D eigenvalue weighted by Crippen LogP contribution is 2.27. The van der Waals surface area contributed by atoms with Gasteiger partial charge in [0.2, 0.25) is 53.2 Å². The van der Waals surface area contributed by atoms with Crippen LogP contribution in [0.3, 0.4) is 0 Å². The van der Waals surface area contributed by atoms with Crippen LogP contribution >= 0.6 is 0 Å². The summed E-state index contributed by atoms with van der Waals surface area (Å²) in [6.45, 7) is 30.4.